The molecule has 0 aliphatic carbocycles. The Morgan fingerprint density at radius 1 is 1.32 bits per heavy atom. The molecular weight excluding hydrogens is 439 g/mol. The molecule has 1 aromatic carbocycles. The number of hydrogen-bond donors (Lipinski definition) is 2. The molecule has 3 amide bonds. The molecule has 10 nitrogen and oxygen atoms in total. The summed E-state index contributed by atoms with van der Waals surface area (Å²) in [5, 5.41) is 23.6. The summed E-state index contributed by atoms with van der Waals surface area (Å²) in [6.07, 6.45) is 2.19. The number of rotatable bonds is 2. The van der Waals surface area contributed by atoms with Crippen molar-refractivity contribution in [3.05, 3.63) is 64.5 Å². The molecule has 2 unspecified atom stereocenters. The van der Waals surface area contributed by atoms with E-state index >= 15 is 0 Å². The van der Waals surface area contributed by atoms with Crippen LogP contribution in [0.1, 0.15) is 45.8 Å². The molecule has 4 heterocycles. The second-order valence-electron chi connectivity index (χ2n) is 8.77. The number of hydrogen-bond acceptors (Lipinski definition) is 5. The number of urea groups is 1. The van der Waals surface area contributed by atoms with Gasteiger partial charge in [-0.15, -0.1) is 0 Å². The fourth-order valence-electron chi connectivity index (χ4n) is 4.67. The van der Waals surface area contributed by atoms with Crippen molar-refractivity contribution < 1.29 is 14.0 Å². The van der Waals surface area contributed by atoms with Crippen LogP contribution in [0.2, 0.25) is 0 Å². The van der Waals surface area contributed by atoms with E-state index in [1.807, 2.05) is 13.0 Å². The molecule has 2 aliphatic rings. The third kappa shape index (κ3) is 3.67. The third-order valence-corrected chi connectivity index (χ3v) is 6.48. The quantitative estimate of drug-likeness (QED) is 0.606. The van der Waals surface area contributed by atoms with Gasteiger partial charge in [0.15, 0.2) is 0 Å². The van der Waals surface area contributed by atoms with Gasteiger partial charge in [0.05, 0.1) is 24.3 Å². The number of carbonyl (C=O) groups is 2. The average Bonchev–Trinajstić information content (AvgIpc) is 3.44. The number of likely N-dealkylation sites (N-methyl/N-ethyl adjacent to an activating group) is 1. The standard InChI is InChI=1S/C23H23FN8O2/c1-13-7-20-17(12-31(13)23(34)27-16-3-4-18(24)14(8-16)9-25)21-22(33)30(2)10-15(11-32(21)29-20)19-5-6-26-28-19/h3-6,8,13,15H,7,10-12H2,1-2H3,(H,26,28)(H,27,34). The molecule has 0 saturated heterocycles. The molecule has 34 heavy (non-hydrogen) atoms. The average molecular weight is 462 g/mol. The van der Waals surface area contributed by atoms with Gasteiger partial charge < -0.3 is 15.1 Å². The van der Waals surface area contributed by atoms with E-state index in [1.165, 1.54) is 12.1 Å². The van der Waals surface area contributed by atoms with E-state index in [0.717, 1.165) is 23.0 Å². The van der Waals surface area contributed by atoms with E-state index in [1.54, 1.807) is 33.8 Å². The first-order valence-corrected chi connectivity index (χ1v) is 11.0. The van der Waals surface area contributed by atoms with E-state index in [2.05, 4.69) is 15.5 Å². The molecule has 3 aromatic rings. The molecule has 0 spiro atoms. The van der Waals surface area contributed by atoms with Crippen LogP contribution in [0, 0.1) is 17.1 Å². The number of nitriles is 1. The van der Waals surface area contributed by atoms with Gasteiger partial charge in [-0.05, 0) is 31.2 Å². The highest BCUT2D eigenvalue weighted by molar-refractivity contribution is 5.95. The van der Waals surface area contributed by atoms with Gasteiger partial charge in [-0.25, -0.2) is 9.18 Å². The summed E-state index contributed by atoms with van der Waals surface area (Å²) in [6, 6.07) is 6.97. The Morgan fingerprint density at radius 2 is 2.15 bits per heavy atom. The van der Waals surface area contributed by atoms with Crippen LogP contribution in [0.5, 0.6) is 0 Å². The molecule has 0 bridgehead atoms. The predicted octanol–water partition coefficient (Wildman–Crippen LogP) is 2.47. The first-order valence-electron chi connectivity index (χ1n) is 11.0. The van der Waals surface area contributed by atoms with Crippen molar-refractivity contribution >= 4 is 17.6 Å². The van der Waals surface area contributed by atoms with Crippen LogP contribution in [0.15, 0.2) is 30.5 Å². The number of halogens is 1. The normalized spacial score (nSPS) is 19.8. The zero-order valence-corrected chi connectivity index (χ0v) is 18.7. The van der Waals surface area contributed by atoms with E-state index < -0.39 is 11.8 Å². The molecule has 0 radical (unpaired) electrons. The Bertz CT molecular complexity index is 1310. The molecule has 2 N–H and O–H groups in total. The summed E-state index contributed by atoms with van der Waals surface area (Å²) < 4.78 is 15.4. The minimum atomic E-state index is -0.643. The Morgan fingerprint density at radius 3 is 2.88 bits per heavy atom. The van der Waals surface area contributed by atoms with Crippen LogP contribution in [0.3, 0.4) is 0 Å². The Hall–Kier alpha value is -4.20. The minimum absolute atomic E-state index is 0.0173. The van der Waals surface area contributed by atoms with E-state index in [4.69, 9.17) is 10.4 Å². The SMILES string of the molecule is CC1Cc2nn3c(c2CN1C(=O)Nc1ccc(F)c(C#N)c1)C(=O)N(C)CC(c1ccn[nH]1)C3. The van der Waals surface area contributed by atoms with Crippen LogP contribution in [0.4, 0.5) is 14.9 Å². The van der Waals surface area contributed by atoms with Crippen LogP contribution in [-0.2, 0) is 19.5 Å². The van der Waals surface area contributed by atoms with Gasteiger partial charge in [0, 0.05) is 55.1 Å². The lowest BCUT2D eigenvalue weighted by Gasteiger charge is -2.33. The Kier molecular flexibility index (Phi) is 5.28. The summed E-state index contributed by atoms with van der Waals surface area (Å²) >= 11 is 0. The van der Waals surface area contributed by atoms with Crippen molar-refractivity contribution in [3.8, 4) is 6.07 Å². The molecule has 5 rings (SSSR count). The van der Waals surface area contributed by atoms with Gasteiger partial charge in [0.1, 0.15) is 17.6 Å². The number of amides is 3. The van der Waals surface area contributed by atoms with Gasteiger partial charge >= 0.3 is 6.03 Å². The fourth-order valence-corrected chi connectivity index (χ4v) is 4.67. The smallest absolute Gasteiger partial charge is 0.322 e. The number of aromatic nitrogens is 4. The minimum Gasteiger partial charge on any atom is -0.340 e. The highest BCUT2D eigenvalue weighted by atomic mass is 19.1. The number of benzene rings is 1. The van der Waals surface area contributed by atoms with Gasteiger partial charge in [0.25, 0.3) is 5.91 Å². The molecule has 2 aromatic heterocycles. The lowest BCUT2D eigenvalue weighted by molar-refractivity contribution is 0.0787. The van der Waals surface area contributed by atoms with Crippen molar-refractivity contribution in [3.63, 3.8) is 0 Å². The van der Waals surface area contributed by atoms with E-state index in [9.17, 15) is 14.0 Å². The molecule has 0 fully saturated rings. The van der Waals surface area contributed by atoms with Crippen molar-refractivity contribution in [1.82, 2.24) is 29.8 Å². The fraction of sp³-hybridized carbons (Fsp3) is 0.348. The van der Waals surface area contributed by atoms with Gasteiger partial charge in [-0.3, -0.25) is 14.6 Å². The molecule has 2 atom stereocenters. The summed E-state index contributed by atoms with van der Waals surface area (Å²) in [4.78, 5) is 29.7. The first-order chi connectivity index (χ1) is 16.4. The number of carbonyl (C=O) groups excluding carboxylic acids is 2. The molecule has 174 valence electrons. The maximum absolute atomic E-state index is 13.6. The molecule has 2 aliphatic heterocycles. The lowest BCUT2D eigenvalue weighted by atomic mass is 9.99. The predicted molar refractivity (Wildman–Crippen MR) is 119 cm³/mol. The monoisotopic (exact) mass is 462 g/mol. The molecule has 0 saturated carbocycles. The maximum Gasteiger partial charge on any atom is 0.322 e. The number of aromatic amines is 1. The summed E-state index contributed by atoms with van der Waals surface area (Å²) in [7, 11) is 1.76. The molecule has 11 heteroatoms. The van der Waals surface area contributed by atoms with Crippen LogP contribution < -0.4 is 5.32 Å². The lowest BCUT2D eigenvalue weighted by Crippen LogP contribution is -2.45. The van der Waals surface area contributed by atoms with Crippen molar-refractivity contribution in [2.75, 3.05) is 18.9 Å². The highest BCUT2D eigenvalue weighted by Gasteiger charge is 2.37. The topological polar surface area (TPSA) is 123 Å². The second-order valence-corrected chi connectivity index (χ2v) is 8.77. The number of anilines is 1. The van der Waals surface area contributed by atoms with E-state index in [-0.39, 0.29) is 30.0 Å². The van der Waals surface area contributed by atoms with Crippen LogP contribution in [-0.4, -0.2) is 61.4 Å². The summed E-state index contributed by atoms with van der Waals surface area (Å²) in [5.74, 6) is -0.762. The Labute approximate surface area is 195 Å². The van der Waals surface area contributed by atoms with Crippen molar-refractivity contribution in [2.24, 2.45) is 0 Å². The summed E-state index contributed by atoms with van der Waals surface area (Å²) in [6.45, 7) is 3.18. The van der Waals surface area contributed by atoms with E-state index in [0.29, 0.717) is 30.9 Å². The number of fused-ring (bicyclic) bond motifs is 3. The van der Waals surface area contributed by atoms with Crippen molar-refractivity contribution in [1.29, 1.82) is 5.26 Å². The van der Waals surface area contributed by atoms with Crippen LogP contribution >= 0.6 is 0 Å². The van der Waals surface area contributed by atoms with Gasteiger partial charge in [-0.1, -0.05) is 0 Å². The number of H-pyrrole nitrogens is 1. The molecular formula is C23H23FN8O2. The third-order valence-electron chi connectivity index (χ3n) is 6.48. The largest absolute Gasteiger partial charge is 0.340 e. The van der Waals surface area contributed by atoms with Gasteiger partial charge in [-0.2, -0.15) is 15.5 Å². The van der Waals surface area contributed by atoms with Crippen molar-refractivity contribution in [2.45, 2.75) is 38.4 Å². The van der Waals surface area contributed by atoms with Crippen LogP contribution in [0.25, 0.3) is 0 Å². The van der Waals surface area contributed by atoms with Gasteiger partial charge in [0.2, 0.25) is 0 Å². The first kappa shape index (κ1) is 21.6. The number of nitrogens with one attached hydrogen (secondary N) is 2. The maximum atomic E-state index is 13.6. The Balaban J connectivity index is 1.43. The second kappa shape index (κ2) is 8.30. The highest BCUT2D eigenvalue weighted by Crippen LogP contribution is 2.31. The zero-order valence-electron chi connectivity index (χ0n) is 18.7. The number of nitrogens with zero attached hydrogens (tertiary/aromatic N) is 6. The zero-order chi connectivity index (χ0) is 24.0. The summed E-state index contributed by atoms with van der Waals surface area (Å²) in [5.41, 5.74) is 3.17.